The number of carbonyl (C=O) groups is 1. The highest BCUT2D eigenvalue weighted by atomic mass is 35.5. The van der Waals surface area contributed by atoms with Crippen molar-refractivity contribution in [3.05, 3.63) is 29.6 Å². The van der Waals surface area contributed by atoms with Gasteiger partial charge in [0, 0.05) is 30.8 Å². The second kappa shape index (κ2) is 6.20. The summed E-state index contributed by atoms with van der Waals surface area (Å²) >= 11 is 5.91. The summed E-state index contributed by atoms with van der Waals surface area (Å²) in [4.78, 5) is 23.3. The van der Waals surface area contributed by atoms with Crippen LogP contribution in [-0.4, -0.2) is 47.2 Å². The van der Waals surface area contributed by atoms with Gasteiger partial charge in [0.1, 0.15) is 0 Å². The average Bonchev–Trinajstić information content (AvgIpc) is 3.40. The molecule has 0 unspecified atom stereocenters. The number of hydrogen-bond donors (Lipinski definition) is 1. The predicted molar refractivity (Wildman–Crippen MR) is 97.9 cm³/mol. The quantitative estimate of drug-likeness (QED) is 0.818. The first-order chi connectivity index (χ1) is 12.6. The van der Waals surface area contributed by atoms with Crippen LogP contribution in [0, 0.1) is 17.8 Å². The molecule has 26 heavy (non-hydrogen) atoms. The molecule has 138 valence electrons. The number of hydrogen-bond acceptors (Lipinski definition) is 5. The Morgan fingerprint density at radius 1 is 1.35 bits per heavy atom. The number of carbonyl (C=O) groups excluding carboxylic acids is 1. The number of nitrogens with zero attached hydrogens (tertiary/aromatic N) is 3. The van der Waals surface area contributed by atoms with Crippen molar-refractivity contribution >= 4 is 23.5 Å². The van der Waals surface area contributed by atoms with Crippen LogP contribution in [0.2, 0.25) is 5.02 Å². The number of fused-ring (bicyclic) bond motifs is 1. The van der Waals surface area contributed by atoms with Gasteiger partial charge in [-0.15, -0.1) is 0 Å². The lowest BCUT2D eigenvalue weighted by Gasteiger charge is -2.29. The molecule has 2 bridgehead atoms. The van der Waals surface area contributed by atoms with Gasteiger partial charge >= 0.3 is 0 Å². The highest BCUT2D eigenvalue weighted by Gasteiger charge is 2.63. The van der Waals surface area contributed by atoms with Crippen molar-refractivity contribution in [1.29, 1.82) is 0 Å². The third kappa shape index (κ3) is 2.62. The molecule has 0 saturated carbocycles. The Balaban J connectivity index is 1.27. The summed E-state index contributed by atoms with van der Waals surface area (Å²) in [6.07, 6.45) is 11.7. The Labute approximate surface area is 158 Å². The molecule has 4 atom stereocenters. The minimum absolute atomic E-state index is 0.0992. The second-order valence-corrected chi connectivity index (χ2v) is 8.43. The monoisotopic (exact) mass is 374 g/mol. The second-order valence-electron chi connectivity index (χ2n) is 8.00. The van der Waals surface area contributed by atoms with E-state index in [1.165, 1.54) is 0 Å². The van der Waals surface area contributed by atoms with Gasteiger partial charge in [-0.25, -0.2) is 9.97 Å². The number of anilines is 1. The number of rotatable bonds is 4. The molecule has 1 amide bonds. The molecule has 1 spiro atoms. The summed E-state index contributed by atoms with van der Waals surface area (Å²) < 4.78 is 6.44. The van der Waals surface area contributed by atoms with Crippen LogP contribution in [-0.2, 0) is 9.53 Å². The van der Waals surface area contributed by atoms with Crippen molar-refractivity contribution < 1.29 is 9.53 Å². The summed E-state index contributed by atoms with van der Waals surface area (Å²) in [5.41, 5.74) is -0.0992. The molecule has 0 radical (unpaired) electrons. The molecule has 3 fully saturated rings. The Hall–Kier alpha value is -1.66. The molecule has 7 heteroatoms. The lowest BCUT2D eigenvalue weighted by Crippen LogP contribution is -2.43. The van der Waals surface area contributed by atoms with E-state index in [9.17, 15) is 4.79 Å². The summed E-state index contributed by atoms with van der Waals surface area (Å²) in [5, 5.41) is 3.74. The lowest BCUT2D eigenvalue weighted by atomic mass is 9.73. The standard InChI is InChI=1S/C19H23ClN4O2/c20-13-7-22-18(23-8-13)24-10-15-14(16-5-6-19(15,11-24)26-16)9-21-17(25)12-3-1-2-4-12/h1-2,7-8,12,14-16H,3-6,9-11H2,(H,21,25)/t14-,15+,16+,19+/m0/s1. The fourth-order valence-electron chi connectivity index (χ4n) is 5.28. The van der Waals surface area contributed by atoms with E-state index in [1.54, 1.807) is 12.4 Å². The molecule has 4 aliphatic rings. The molecule has 4 heterocycles. The third-order valence-corrected chi connectivity index (χ3v) is 6.76. The molecule has 3 saturated heterocycles. The Bertz CT molecular complexity index is 732. The first kappa shape index (κ1) is 16.5. The van der Waals surface area contributed by atoms with Gasteiger partial charge in [-0.1, -0.05) is 23.8 Å². The van der Waals surface area contributed by atoms with Crippen LogP contribution in [0.4, 0.5) is 5.95 Å². The SMILES string of the molecule is O=C(NC[C@H]1[C@H]2CN(c3ncc(Cl)cn3)C[C@]23CC[C@H]1O3)C1CC=CC1. The van der Waals surface area contributed by atoms with Crippen LogP contribution in [0.3, 0.4) is 0 Å². The van der Waals surface area contributed by atoms with Gasteiger partial charge in [0.2, 0.25) is 11.9 Å². The number of halogens is 1. The number of nitrogens with one attached hydrogen (secondary N) is 1. The van der Waals surface area contributed by atoms with E-state index < -0.39 is 0 Å². The normalized spacial score (nSPS) is 35.3. The molecule has 1 aromatic heterocycles. The average molecular weight is 375 g/mol. The fourth-order valence-corrected chi connectivity index (χ4v) is 5.38. The van der Waals surface area contributed by atoms with Crippen molar-refractivity contribution in [1.82, 2.24) is 15.3 Å². The number of ether oxygens (including phenoxy) is 1. The van der Waals surface area contributed by atoms with Gasteiger partial charge in [-0.3, -0.25) is 4.79 Å². The van der Waals surface area contributed by atoms with Crippen LogP contribution in [0.1, 0.15) is 25.7 Å². The van der Waals surface area contributed by atoms with Crippen molar-refractivity contribution in [3.63, 3.8) is 0 Å². The minimum Gasteiger partial charge on any atom is -0.369 e. The van der Waals surface area contributed by atoms with E-state index in [0.717, 1.165) is 38.8 Å². The van der Waals surface area contributed by atoms with E-state index in [0.29, 0.717) is 29.4 Å². The van der Waals surface area contributed by atoms with E-state index >= 15 is 0 Å². The topological polar surface area (TPSA) is 67.4 Å². The highest BCUT2D eigenvalue weighted by molar-refractivity contribution is 6.30. The molecule has 5 rings (SSSR count). The Morgan fingerprint density at radius 3 is 2.88 bits per heavy atom. The van der Waals surface area contributed by atoms with E-state index in [4.69, 9.17) is 16.3 Å². The first-order valence-electron chi connectivity index (χ1n) is 9.48. The van der Waals surface area contributed by atoms with E-state index in [1.807, 2.05) is 0 Å². The maximum Gasteiger partial charge on any atom is 0.225 e. The van der Waals surface area contributed by atoms with Crippen molar-refractivity contribution in [3.8, 4) is 0 Å². The zero-order valence-electron chi connectivity index (χ0n) is 14.6. The molecule has 1 N–H and O–H groups in total. The van der Waals surface area contributed by atoms with Gasteiger partial charge in [-0.2, -0.15) is 0 Å². The van der Waals surface area contributed by atoms with Crippen LogP contribution in [0.25, 0.3) is 0 Å². The summed E-state index contributed by atoms with van der Waals surface area (Å²) in [7, 11) is 0. The molecule has 0 aromatic carbocycles. The van der Waals surface area contributed by atoms with Crippen molar-refractivity contribution in [2.45, 2.75) is 37.4 Å². The molecular weight excluding hydrogens is 352 g/mol. The number of amides is 1. The smallest absolute Gasteiger partial charge is 0.225 e. The van der Waals surface area contributed by atoms with Gasteiger partial charge in [0.25, 0.3) is 0 Å². The van der Waals surface area contributed by atoms with Crippen molar-refractivity contribution in [2.24, 2.45) is 17.8 Å². The first-order valence-corrected chi connectivity index (χ1v) is 9.85. The van der Waals surface area contributed by atoms with Gasteiger partial charge in [0.05, 0.1) is 35.7 Å². The van der Waals surface area contributed by atoms with E-state index in [2.05, 4.69) is 32.3 Å². The minimum atomic E-state index is -0.0992. The van der Waals surface area contributed by atoms with Crippen LogP contribution < -0.4 is 10.2 Å². The molecule has 3 aliphatic heterocycles. The van der Waals surface area contributed by atoms with Gasteiger partial charge in [0.15, 0.2) is 0 Å². The maximum absolute atomic E-state index is 12.4. The molecule has 1 aliphatic carbocycles. The molecule has 6 nitrogen and oxygen atoms in total. The van der Waals surface area contributed by atoms with Crippen molar-refractivity contribution in [2.75, 3.05) is 24.5 Å². The van der Waals surface area contributed by atoms with Crippen LogP contribution in [0.15, 0.2) is 24.5 Å². The fraction of sp³-hybridized carbons (Fsp3) is 0.632. The van der Waals surface area contributed by atoms with Crippen LogP contribution in [0.5, 0.6) is 0 Å². The highest BCUT2D eigenvalue weighted by Crippen LogP contribution is 2.54. The molecular formula is C19H23ClN4O2. The number of aromatic nitrogens is 2. The zero-order valence-corrected chi connectivity index (χ0v) is 15.4. The number of allylic oxidation sites excluding steroid dienone is 2. The lowest BCUT2D eigenvalue weighted by molar-refractivity contribution is -0.124. The Morgan fingerprint density at radius 2 is 2.12 bits per heavy atom. The van der Waals surface area contributed by atoms with Gasteiger partial charge in [-0.05, 0) is 25.7 Å². The summed E-state index contributed by atoms with van der Waals surface area (Å²) in [6, 6.07) is 0. The zero-order chi connectivity index (χ0) is 17.7. The predicted octanol–water partition coefficient (Wildman–Crippen LogP) is 2.20. The Kier molecular flexibility index (Phi) is 3.94. The summed E-state index contributed by atoms with van der Waals surface area (Å²) in [6.45, 7) is 2.41. The van der Waals surface area contributed by atoms with Gasteiger partial charge < -0.3 is 15.0 Å². The third-order valence-electron chi connectivity index (χ3n) is 6.56. The maximum atomic E-state index is 12.4. The van der Waals surface area contributed by atoms with E-state index in [-0.39, 0.29) is 23.5 Å². The molecule has 1 aromatic rings. The summed E-state index contributed by atoms with van der Waals surface area (Å²) in [5.74, 6) is 1.81. The largest absolute Gasteiger partial charge is 0.369 e. The van der Waals surface area contributed by atoms with Crippen LogP contribution >= 0.6 is 11.6 Å².